The molecule has 3 rings (SSSR count). The van der Waals surface area contributed by atoms with Gasteiger partial charge in [-0.15, -0.1) is 0 Å². The molecule has 1 fully saturated rings. The molecule has 5 heteroatoms. The number of benzene rings is 1. The van der Waals surface area contributed by atoms with Crippen molar-refractivity contribution in [3.63, 3.8) is 0 Å². The van der Waals surface area contributed by atoms with Crippen LogP contribution in [-0.2, 0) is 4.79 Å². The number of amides is 1. The molecule has 1 saturated heterocycles. The minimum Gasteiger partial charge on any atom is -0.486 e. The van der Waals surface area contributed by atoms with E-state index in [1.807, 2.05) is 18.2 Å². The van der Waals surface area contributed by atoms with Gasteiger partial charge in [-0.3, -0.25) is 4.79 Å². The highest BCUT2D eigenvalue weighted by Crippen LogP contribution is 2.32. The maximum atomic E-state index is 12.1. The summed E-state index contributed by atoms with van der Waals surface area (Å²) in [5, 5.41) is 6.19. The van der Waals surface area contributed by atoms with Gasteiger partial charge in [0.1, 0.15) is 13.2 Å². The third kappa shape index (κ3) is 2.81. The first-order chi connectivity index (χ1) is 9.33. The quantitative estimate of drug-likeness (QED) is 0.845. The predicted molar refractivity (Wildman–Crippen MR) is 71.7 cm³/mol. The van der Waals surface area contributed by atoms with Crippen molar-refractivity contribution < 1.29 is 14.3 Å². The van der Waals surface area contributed by atoms with Crippen LogP contribution in [0.4, 0.5) is 5.69 Å². The van der Waals surface area contributed by atoms with Crippen LogP contribution in [0.2, 0.25) is 0 Å². The second-order valence-electron chi connectivity index (χ2n) is 4.89. The zero-order chi connectivity index (χ0) is 13.1. The highest BCUT2D eigenvalue weighted by atomic mass is 16.6. The van der Waals surface area contributed by atoms with E-state index in [2.05, 4.69) is 10.6 Å². The van der Waals surface area contributed by atoms with E-state index in [-0.39, 0.29) is 11.8 Å². The first-order valence-electron chi connectivity index (χ1n) is 6.74. The van der Waals surface area contributed by atoms with E-state index in [0.717, 1.165) is 37.4 Å². The lowest BCUT2D eigenvalue weighted by Crippen LogP contribution is -2.37. The molecule has 0 saturated carbocycles. The van der Waals surface area contributed by atoms with Crippen molar-refractivity contribution in [1.29, 1.82) is 0 Å². The number of anilines is 1. The summed E-state index contributed by atoms with van der Waals surface area (Å²) in [7, 11) is 0. The van der Waals surface area contributed by atoms with Gasteiger partial charge in [-0.2, -0.15) is 0 Å². The molecule has 1 unspecified atom stereocenters. The molecule has 2 aliphatic heterocycles. The topological polar surface area (TPSA) is 59.6 Å². The third-order valence-electron chi connectivity index (χ3n) is 3.48. The Morgan fingerprint density at radius 2 is 2.11 bits per heavy atom. The maximum absolute atomic E-state index is 12.1. The number of ether oxygens (including phenoxy) is 2. The number of carbonyl (C=O) groups is 1. The Hall–Kier alpha value is -1.75. The van der Waals surface area contributed by atoms with Crippen LogP contribution in [0.25, 0.3) is 0 Å². The van der Waals surface area contributed by atoms with Crippen molar-refractivity contribution in [2.75, 3.05) is 31.6 Å². The summed E-state index contributed by atoms with van der Waals surface area (Å²) in [5.74, 6) is 1.57. The molecule has 1 aromatic rings. The van der Waals surface area contributed by atoms with Gasteiger partial charge in [0, 0.05) is 18.3 Å². The fraction of sp³-hybridized carbons (Fsp3) is 0.500. The van der Waals surface area contributed by atoms with Crippen LogP contribution in [-0.4, -0.2) is 32.2 Å². The van der Waals surface area contributed by atoms with Crippen LogP contribution in [0.15, 0.2) is 18.2 Å². The van der Waals surface area contributed by atoms with Gasteiger partial charge in [0.2, 0.25) is 5.91 Å². The third-order valence-corrected chi connectivity index (χ3v) is 3.48. The average Bonchev–Trinajstić information content (AvgIpc) is 2.48. The molecule has 19 heavy (non-hydrogen) atoms. The van der Waals surface area contributed by atoms with Crippen molar-refractivity contribution in [1.82, 2.24) is 5.32 Å². The Morgan fingerprint density at radius 3 is 2.89 bits per heavy atom. The van der Waals surface area contributed by atoms with E-state index in [4.69, 9.17) is 9.47 Å². The van der Waals surface area contributed by atoms with Crippen LogP contribution in [0, 0.1) is 5.92 Å². The fourth-order valence-corrected chi connectivity index (χ4v) is 2.44. The smallest absolute Gasteiger partial charge is 0.228 e. The maximum Gasteiger partial charge on any atom is 0.228 e. The molecule has 2 heterocycles. The Bertz CT molecular complexity index is 470. The summed E-state index contributed by atoms with van der Waals surface area (Å²) >= 11 is 0. The minimum atomic E-state index is 0.0574. The van der Waals surface area contributed by atoms with Crippen LogP contribution in [0.1, 0.15) is 12.8 Å². The Balaban J connectivity index is 1.67. The molecule has 0 spiro atoms. The van der Waals surface area contributed by atoms with Crippen molar-refractivity contribution in [2.24, 2.45) is 5.92 Å². The van der Waals surface area contributed by atoms with Crippen molar-refractivity contribution in [3.05, 3.63) is 18.2 Å². The number of hydrogen-bond donors (Lipinski definition) is 2. The monoisotopic (exact) mass is 262 g/mol. The molecule has 0 aromatic heterocycles. The van der Waals surface area contributed by atoms with E-state index in [9.17, 15) is 4.79 Å². The summed E-state index contributed by atoms with van der Waals surface area (Å²) in [6.07, 6.45) is 2.00. The number of rotatable bonds is 2. The molecule has 2 aliphatic rings. The second-order valence-corrected chi connectivity index (χ2v) is 4.89. The van der Waals surface area contributed by atoms with Crippen LogP contribution in [0.5, 0.6) is 11.5 Å². The summed E-state index contributed by atoms with van der Waals surface area (Å²) in [4.78, 5) is 12.1. The normalized spacial score (nSPS) is 21.8. The van der Waals surface area contributed by atoms with Gasteiger partial charge >= 0.3 is 0 Å². The molecular weight excluding hydrogens is 244 g/mol. The SMILES string of the molecule is O=C(Nc1ccc2c(c1)OCCO2)C1CCCNC1. The van der Waals surface area contributed by atoms with E-state index in [0.29, 0.717) is 19.0 Å². The van der Waals surface area contributed by atoms with Gasteiger partial charge in [0.15, 0.2) is 11.5 Å². The lowest BCUT2D eigenvalue weighted by atomic mass is 9.99. The van der Waals surface area contributed by atoms with Gasteiger partial charge < -0.3 is 20.1 Å². The highest BCUT2D eigenvalue weighted by molar-refractivity contribution is 5.93. The molecule has 2 N–H and O–H groups in total. The van der Waals surface area contributed by atoms with Gasteiger partial charge in [0.25, 0.3) is 0 Å². The zero-order valence-corrected chi connectivity index (χ0v) is 10.8. The molecule has 0 bridgehead atoms. The molecule has 1 amide bonds. The molecule has 102 valence electrons. The summed E-state index contributed by atoms with van der Waals surface area (Å²) in [6.45, 7) is 2.90. The van der Waals surface area contributed by atoms with Crippen LogP contribution < -0.4 is 20.1 Å². The van der Waals surface area contributed by atoms with E-state index in [1.54, 1.807) is 0 Å². The van der Waals surface area contributed by atoms with Gasteiger partial charge in [-0.25, -0.2) is 0 Å². The molecular formula is C14H18N2O3. The van der Waals surface area contributed by atoms with E-state index in [1.165, 1.54) is 0 Å². The Morgan fingerprint density at radius 1 is 1.26 bits per heavy atom. The summed E-state index contributed by atoms with van der Waals surface area (Å²) in [5.41, 5.74) is 0.764. The Labute approximate surface area is 112 Å². The van der Waals surface area contributed by atoms with Gasteiger partial charge in [-0.1, -0.05) is 0 Å². The van der Waals surface area contributed by atoms with Crippen molar-refractivity contribution >= 4 is 11.6 Å². The summed E-state index contributed by atoms with van der Waals surface area (Å²) in [6, 6.07) is 5.51. The molecule has 1 atom stereocenters. The van der Waals surface area contributed by atoms with Crippen molar-refractivity contribution in [3.8, 4) is 11.5 Å². The number of nitrogens with one attached hydrogen (secondary N) is 2. The predicted octanol–water partition coefficient (Wildman–Crippen LogP) is 1.40. The summed E-state index contributed by atoms with van der Waals surface area (Å²) < 4.78 is 11.0. The average molecular weight is 262 g/mol. The van der Waals surface area contributed by atoms with Crippen molar-refractivity contribution in [2.45, 2.75) is 12.8 Å². The number of hydrogen-bond acceptors (Lipinski definition) is 4. The van der Waals surface area contributed by atoms with E-state index >= 15 is 0 Å². The first-order valence-corrected chi connectivity index (χ1v) is 6.74. The lowest BCUT2D eigenvalue weighted by Gasteiger charge is -2.23. The molecule has 0 aliphatic carbocycles. The highest BCUT2D eigenvalue weighted by Gasteiger charge is 2.21. The number of fused-ring (bicyclic) bond motifs is 1. The standard InChI is InChI=1S/C14H18N2O3/c17-14(10-2-1-5-15-9-10)16-11-3-4-12-13(8-11)19-7-6-18-12/h3-4,8,10,15H,1-2,5-7,9H2,(H,16,17). The van der Waals surface area contributed by atoms with Gasteiger partial charge in [-0.05, 0) is 31.5 Å². The lowest BCUT2D eigenvalue weighted by molar-refractivity contribution is -0.120. The Kier molecular flexibility index (Phi) is 3.55. The molecule has 5 nitrogen and oxygen atoms in total. The number of carbonyl (C=O) groups excluding carboxylic acids is 1. The molecule has 1 aromatic carbocycles. The fourth-order valence-electron chi connectivity index (χ4n) is 2.44. The number of piperidine rings is 1. The van der Waals surface area contributed by atoms with E-state index < -0.39 is 0 Å². The first kappa shape index (κ1) is 12.3. The second kappa shape index (κ2) is 5.48. The van der Waals surface area contributed by atoms with Crippen LogP contribution in [0.3, 0.4) is 0 Å². The minimum absolute atomic E-state index is 0.0574. The van der Waals surface area contributed by atoms with Crippen LogP contribution >= 0.6 is 0 Å². The largest absolute Gasteiger partial charge is 0.486 e. The zero-order valence-electron chi connectivity index (χ0n) is 10.8. The van der Waals surface area contributed by atoms with Gasteiger partial charge in [0.05, 0.1) is 5.92 Å². The molecule has 0 radical (unpaired) electrons.